The van der Waals surface area contributed by atoms with Crippen molar-refractivity contribution < 1.29 is 19.6 Å². The summed E-state index contributed by atoms with van der Waals surface area (Å²) in [6.07, 6.45) is 0. The first-order chi connectivity index (χ1) is 12.0. The van der Waals surface area contributed by atoms with E-state index in [4.69, 9.17) is 10.00 Å². The van der Waals surface area contributed by atoms with Gasteiger partial charge in [0, 0.05) is 12.1 Å². The monoisotopic (exact) mass is 334 g/mol. The van der Waals surface area contributed by atoms with Crippen molar-refractivity contribution in [3.05, 3.63) is 75.8 Å². The molecule has 0 heterocycles. The van der Waals surface area contributed by atoms with Crippen LogP contribution in [0.25, 0.3) is 10.8 Å². The minimum Gasteiger partial charge on any atom is -0.478 e. The second-order valence-corrected chi connectivity index (χ2v) is 5.18. The summed E-state index contributed by atoms with van der Waals surface area (Å²) in [6.45, 7) is 0. The summed E-state index contributed by atoms with van der Waals surface area (Å²) in [6, 6.07) is 15.7. The van der Waals surface area contributed by atoms with E-state index < -0.39 is 10.9 Å². The Labute approximate surface area is 141 Å². The first kappa shape index (κ1) is 16.0. The third kappa shape index (κ3) is 3.23. The normalized spacial score (nSPS) is 10.2. The number of aromatic carboxylic acids is 1. The van der Waals surface area contributed by atoms with E-state index in [2.05, 4.69) is 6.07 Å². The molecular formula is C18H10N2O5. The Morgan fingerprint density at radius 3 is 2.48 bits per heavy atom. The Bertz CT molecular complexity index is 1050. The molecule has 7 nitrogen and oxygen atoms in total. The zero-order valence-corrected chi connectivity index (χ0v) is 12.7. The fourth-order valence-electron chi connectivity index (χ4n) is 2.37. The number of carboxylic acid groups (broad SMARTS) is 1. The molecule has 7 heteroatoms. The van der Waals surface area contributed by atoms with E-state index in [9.17, 15) is 20.0 Å². The number of nitro benzene ring substituents is 1. The van der Waals surface area contributed by atoms with Crippen LogP contribution in [0.5, 0.6) is 11.5 Å². The van der Waals surface area contributed by atoms with Gasteiger partial charge in [-0.15, -0.1) is 0 Å². The summed E-state index contributed by atoms with van der Waals surface area (Å²) in [7, 11) is 0. The van der Waals surface area contributed by atoms with Crippen molar-refractivity contribution >= 4 is 22.4 Å². The van der Waals surface area contributed by atoms with Gasteiger partial charge in [-0.1, -0.05) is 12.1 Å². The Morgan fingerprint density at radius 1 is 1.08 bits per heavy atom. The van der Waals surface area contributed by atoms with E-state index in [1.807, 2.05) is 0 Å². The molecule has 0 spiro atoms. The highest BCUT2D eigenvalue weighted by molar-refractivity contribution is 5.92. The fraction of sp³-hybridized carbons (Fsp3) is 0. The number of ether oxygens (including phenoxy) is 1. The van der Waals surface area contributed by atoms with E-state index in [-0.39, 0.29) is 17.0 Å². The average molecular weight is 334 g/mol. The molecule has 0 radical (unpaired) electrons. The molecule has 122 valence electrons. The van der Waals surface area contributed by atoms with Crippen LogP contribution in [0.15, 0.2) is 54.6 Å². The first-order valence-electron chi connectivity index (χ1n) is 7.11. The van der Waals surface area contributed by atoms with Crippen LogP contribution in [0.4, 0.5) is 5.69 Å². The van der Waals surface area contributed by atoms with Crippen LogP contribution < -0.4 is 4.74 Å². The van der Waals surface area contributed by atoms with Gasteiger partial charge in [0.15, 0.2) is 0 Å². The molecule has 25 heavy (non-hydrogen) atoms. The Hall–Kier alpha value is -3.92. The number of nitriles is 1. The number of carboxylic acids is 1. The largest absolute Gasteiger partial charge is 0.478 e. The zero-order chi connectivity index (χ0) is 18.0. The second kappa shape index (κ2) is 6.29. The molecule has 1 N–H and O–H groups in total. The van der Waals surface area contributed by atoms with Crippen LogP contribution in [-0.2, 0) is 0 Å². The van der Waals surface area contributed by atoms with Gasteiger partial charge in [-0.25, -0.2) is 4.79 Å². The number of nitro groups is 1. The lowest BCUT2D eigenvalue weighted by molar-refractivity contribution is -0.384. The molecule has 0 aliphatic carbocycles. The molecule has 0 aliphatic heterocycles. The zero-order valence-electron chi connectivity index (χ0n) is 12.7. The number of non-ortho nitro benzene ring substituents is 1. The molecule has 0 atom stereocenters. The van der Waals surface area contributed by atoms with Crippen LogP contribution in [0.1, 0.15) is 15.9 Å². The van der Waals surface area contributed by atoms with Gasteiger partial charge in [0.2, 0.25) is 0 Å². The van der Waals surface area contributed by atoms with Crippen LogP contribution in [0.2, 0.25) is 0 Å². The molecule has 0 bridgehead atoms. The van der Waals surface area contributed by atoms with Gasteiger partial charge in [-0.2, -0.15) is 5.26 Å². The number of hydrogen-bond acceptors (Lipinski definition) is 5. The van der Waals surface area contributed by atoms with E-state index in [1.165, 1.54) is 12.1 Å². The minimum atomic E-state index is -1.32. The SMILES string of the molecule is N#Cc1ccc2cc(Oc3ccc([N+](=O)[O-])cc3C(=O)O)ccc2c1. The predicted octanol–water partition coefficient (Wildman–Crippen LogP) is 4.11. The van der Waals surface area contributed by atoms with Crippen molar-refractivity contribution in [2.24, 2.45) is 0 Å². The molecule has 0 aromatic heterocycles. The molecule has 0 saturated carbocycles. The van der Waals surface area contributed by atoms with Gasteiger partial charge in [-0.05, 0) is 41.1 Å². The Kier molecular flexibility index (Phi) is 4.02. The highest BCUT2D eigenvalue weighted by Gasteiger charge is 2.17. The Morgan fingerprint density at radius 2 is 1.80 bits per heavy atom. The van der Waals surface area contributed by atoms with Crippen molar-refractivity contribution in [1.82, 2.24) is 0 Å². The van der Waals surface area contributed by atoms with E-state index in [0.29, 0.717) is 11.3 Å². The topological polar surface area (TPSA) is 113 Å². The number of nitrogens with zero attached hydrogens (tertiary/aromatic N) is 2. The molecule has 0 saturated heterocycles. The van der Waals surface area contributed by atoms with Crippen molar-refractivity contribution in [2.75, 3.05) is 0 Å². The maximum Gasteiger partial charge on any atom is 0.339 e. The smallest absolute Gasteiger partial charge is 0.339 e. The number of benzene rings is 3. The third-order valence-corrected chi connectivity index (χ3v) is 3.57. The van der Waals surface area contributed by atoms with Crippen LogP contribution in [-0.4, -0.2) is 16.0 Å². The molecule has 0 amide bonds. The molecule has 0 aliphatic rings. The van der Waals surface area contributed by atoms with Crippen LogP contribution in [0.3, 0.4) is 0 Å². The summed E-state index contributed by atoms with van der Waals surface area (Å²) in [4.78, 5) is 21.5. The number of carbonyl (C=O) groups is 1. The fourth-order valence-corrected chi connectivity index (χ4v) is 2.37. The number of hydrogen-bond donors (Lipinski definition) is 1. The molecule has 0 unspecified atom stereocenters. The van der Waals surface area contributed by atoms with E-state index >= 15 is 0 Å². The summed E-state index contributed by atoms with van der Waals surface area (Å²) in [5.74, 6) is -0.933. The van der Waals surface area contributed by atoms with Gasteiger partial charge >= 0.3 is 5.97 Å². The average Bonchev–Trinajstić information content (AvgIpc) is 2.61. The number of fused-ring (bicyclic) bond motifs is 1. The van der Waals surface area contributed by atoms with Crippen molar-refractivity contribution in [3.63, 3.8) is 0 Å². The van der Waals surface area contributed by atoms with Crippen LogP contribution in [0, 0.1) is 21.4 Å². The maximum atomic E-state index is 11.3. The summed E-state index contributed by atoms with van der Waals surface area (Å²) in [5.41, 5.74) is -0.0916. The first-order valence-corrected chi connectivity index (χ1v) is 7.11. The van der Waals surface area contributed by atoms with Crippen LogP contribution >= 0.6 is 0 Å². The molecule has 3 aromatic carbocycles. The highest BCUT2D eigenvalue weighted by Crippen LogP contribution is 2.30. The minimum absolute atomic E-state index is 0.00564. The summed E-state index contributed by atoms with van der Waals surface area (Å²) < 4.78 is 5.60. The number of rotatable bonds is 4. The summed E-state index contributed by atoms with van der Waals surface area (Å²) in [5, 5.41) is 30.6. The van der Waals surface area contributed by atoms with E-state index in [1.54, 1.807) is 36.4 Å². The van der Waals surface area contributed by atoms with Gasteiger partial charge in [0.05, 0.1) is 16.6 Å². The quantitative estimate of drug-likeness (QED) is 0.567. The second-order valence-electron chi connectivity index (χ2n) is 5.18. The van der Waals surface area contributed by atoms with E-state index in [0.717, 1.165) is 16.8 Å². The standard InChI is InChI=1S/C18H10N2O5/c19-10-11-1-2-13-8-15(5-3-12(13)7-11)25-17-6-4-14(20(23)24)9-16(17)18(21)22/h1-9H,(H,21,22). The van der Waals surface area contributed by atoms with Gasteiger partial charge in [0.1, 0.15) is 17.1 Å². The summed E-state index contributed by atoms with van der Waals surface area (Å²) >= 11 is 0. The molecule has 3 rings (SSSR count). The van der Waals surface area contributed by atoms with Crippen molar-refractivity contribution in [1.29, 1.82) is 5.26 Å². The highest BCUT2D eigenvalue weighted by atomic mass is 16.6. The predicted molar refractivity (Wildman–Crippen MR) is 88.8 cm³/mol. The van der Waals surface area contributed by atoms with Gasteiger partial charge < -0.3 is 9.84 Å². The van der Waals surface area contributed by atoms with Gasteiger partial charge in [0.25, 0.3) is 5.69 Å². The van der Waals surface area contributed by atoms with Crippen molar-refractivity contribution in [2.45, 2.75) is 0 Å². The lowest BCUT2D eigenvalue weighted by Gasteiger charge is -2.09. The Balaban J connectivity index is 1.99. The maximum absolute atomic E-state index is 11.3. The lowest BCUT2D eigenvalue weighted by Crippen LogP contribution is -2.01. The third-order valence-electron chi connectivity index (χ3n) is 3.57. The molecule has 0 fully saturated rings. The molecule has 3 aromatic rings. The lowest BCUT2D eigenvalue weighted by atomic mass is 10.1. The van der Waals surface area contributed by atoms with Gasteiger partial charge in [-0.3, -0.25) is 10.1 Å². The molecular weight excluding hydrogens is 324 g/mol. The van der Waals surface area contributed by atoms with Crippen molar-refractivity contribution in [3.8, 4) is 17.6 Å².